The van der Waals surface area contributed by atoms with Gasteiger partial charge in [0.2, 0.25) is 0 Å². The Hall–Kier alpha value is -2.56. The number of imidazole rings is 1. The zero-order valence-corrected chi connectivity index (χ0v) is 15.3. The summed E-state index contributed by atoms with van der Waals surface area (Å²) in [7, 11) is 2.03. The Morgan fingerprint density at radius 2 is 2.00 bits per heavy atom. The Bertz CT molecular complexity index is 891. The first kappa shape index (κ1) is 15.7. The first-order chi connectivity index (χ1) is 12.8. The molecule has 5 nitrogen and oxygen atoms in total. The molecular formula is C21H25N5. The lowest BCUT2D eigenvalue weighted by molar-refractivity contribution is 0.522. The average molecular weight is 347 g/mol. The summed E-state index contributed by atoms with van der Waals surface area (Å²) in [6, 6.07) is 10.9. The fourth-order valence-corrected chi connectivity index (χ4v) is 3.78. The fraction of sp³-hybridized carbons (Fsp3) is 0.429. The SMILES string of the molecule is Cn1nc(C2CC2)cc1CNc1ccc(-c2cn3c(n2)CCCC3)cc1. The van der Waals surface area contributed by atoms with Crippen molar-refractivity contribution in [3.63, 3.8) is 0 Å². The molecule has 0 saturated heterocycles. The maximum absolute atomic E-state index is 4.81. The second kappa shape index (κ2) is 6.31. The van der Waals surface area contributed by atoms with Crippen molar-refractivity contribution < 1.29 is 0 Å². The zero-order valence-electron chi connectivity index (χ0n) is 15.3. The van der Waals surface area contributed by atoms with Gasteiger partial charge in [0.25, 0.3) is 0 Å². The Morgan fingerprint density at radius 1 is 1.15 bits per heavy atom. The number of aryl methyl sites for hydroxylation is 3. The third-order valence-corrected chi connectivity index (χ3v) is 5.55. The van der Waals surface area contributed by atoms with Crippen LogP contribution in [0.4, 0.5) is 5.69 Å². The van der Waals surface area contributed by atoms with Gasteiger partial charge in [0.05, 0.1) is 23.6 Å². The molecule has 5 heteroatoms. The number of benzene rings is 1. The van der Waals surface area contributed by atoms with Gasteiger partial charge in [-0.2, -0.15) is 5.10 Å². The summed E-state index contributed by atoms with van der Waals surface area (Å²) >= 11 is 0. The Kier molecular flexibility index (Phi) is 3.80. The van der Waals surface area contributed by atoms with E-state index in [2.05, 4.69) is 51.5 Å². The predicted octanol–water partition coefficient (Wildman–Crippen LogP) is 4.11. The minimum absolute atomic E-state index is 0.704. The van der Waals surface area contributed by atoms with E-state index in [9.17, 15) is 0 Å². The summed E-state index contributed by atoms with van der Waals surface area (Å²) < 4.78 is 4.31. The number of rotatable bonds is 5. The van der Waals surface area contributed by atoms with Crippen LogP contribution in [0.2, 0.25) is 0 Å². The molecule has 0 amide bonds. The molecule has 5 rings (SSSR count). The Morgan fingerprint density at radius 3 is 2.77 bits per heavy atom. The van der Waals surface area contributed by atoms with Crippen LogP contribution < -0.4 is 5.32 Å². The number of hydrogen-bond acceptors (Lipinski definition) is 3. The van der Waals surface area contributed by atoms with Crippen molar-refractivity contribution in [2.45, 2.75) is 51.1 Å². The van der Waals surface area contributed by atoms with E-state index in [1.54, 1.807) is 0 Å². The van der Waals surface area contributed by atoms with Crippen molar-refractivity contribution in [1.82, 2.24) is 19.3 Å². The van der Waals surface area contributed by atoms with Crippen LogP contribution in [0.3, 0.4) is 0 Å². The van der Waals surface area contributed by atoms with Gasteiger partial charge >= 0.3 is 0 Å². The summed E-state index contributed by atoms with van der Waals surface area (Å²) in [4.78, 5) is 4.81. The van der Waals surface area contributed by atoms with E-state index in [1.165, 1.54) is 48.5 Å². The summed E-state index contributed by atoms with van der Waals surface area (Å²) in [5.74, 6) is 1.94. The second-order valence-electron chi connectivity index (χ2n) is 7.58. The van der Waals surface area contributed by atoms with Gasteiger partial charge in [-0.1, -0.05) is 12.1 Å². The summed E-state index contributed by atoms with van der Waals surface area (Å²) in [5.41, 5.74) is 5.90. The number of anilines is 1. The molecule has 2 aromatic heterocycles. The maximum Gasteiger partial charge on any atom is 0.109 e. The van der Waals surface area contributed by atoms with E-state index in [1.807, 2.05) is 11.7 Å². The predicted molar refractivity (Wildman–Crippen MR) is 103 cm³/mol. The minimum Gasteiger partial charge on any atom is -0.379 e. The molecule has 1 saturated carbocycles. The first-order valence-corrected chi connectivity index (χ1v) is 9.69. The van der Waals surface area contributed by atoms with Crippen molar-refractivity contribution in [1.29, 1.82) is 0 Å². The molecule has 0 atom stereocenters. The van der Waals surface area contributed by atoms with Crippen molar-refractivity contribution in [2.75, 3.05) is 5.32 Å². The van der Waals surface area contributed by atoms with Crippen LogP contribution in [0.5, 0.6) is 0 Å². The molecule has 134 valence electrons. The molecule has 3 heterocycles. The molecule has 1 fully saturated rings. The van der Waals surface area contributed by atoms with Crippen LogP contribution in [0, 0.1) is 0 Å². The lowest BCUT2D eigenvalue weighted by Crippen LogP contribution is -2.08. The number of nitrogens with zero attached hydrogens (tertiary/aromatic N) is 4. The summed E-state index contributed by atoms with van der Waals surface area (Å²) in [6.07, 6.45) is 8.42. The smallest absolute Gasteiger partial charge is 0.109 e. The maximum atomic E-state index is 4.81. The fourth-order valence-electron chi connectivity index (χ4n) is 3.78. The molecule has 2 aliphatic rings. The van der Waals surface area contributed by atoms with Gasteiger partial charge < -0.3 is 9.88 Å². The van der Waals surface area contributed by atoms with Crippen LogP contribution in [0.1, 0.15) is 48.8 Å². The van der Waals surface area contributed by atoms with Gasteiger partial charge in [-0.05, 0) is 43.9 Å². The number of hydrogen-bond donors (Lipinski definition) is 1. The number of nitrogens with one attached hydrogen (secondary N) is 1. The van der Waals surface area contributed by atoms with Crippen LogP contribution in [-0.2, 0) is 26.6 Å². The molecule has 3 aromatic rings. The normalized spacial score (nSPS) is 16.5. The highest BCUT2D eigenvalue weighted by Crippen LogP contribution is 2.39. The zero-order chi connectivity index (χ0) is 17.5. The van der Waals surface area contributed by atoms with E-state index in [-0.39, 0.29) is 0 Å². The van der Waals surface area contributed by atoms with E-state index in [0.29, 0.717) is 5.92 Å². The van der Waals surface area contributed by atoms with Gasteiger partial charge in [0.15, 0.2) is 0 Å². The van der Waals surface area contributed by atoms with Crippen LogP contribution >= 0.6 is 0 Å². The molecule has 0 spiro atoms. The molecule has 1 aromatic carbocycles. The van der Waals surface area contributed by atoms with Crippen molar-refractivity contribution in [3.05, 3.63) is 53.7 Å². The monoisotopic (exact) mass is 347 g/mol. The van der Waals surface area contributed by atoms with Crippen LogP contribution in [0.15, 0.2) is 36.5 Å². The molecule has 1 N–H and O–H groups in total. The number of fused-ring (bicyclic) bond motifs is 1. The van der Waals surface area contributed by atoms with Crippen LogP contribution in [0.25, 0.3) is 11.3 Å². The van der Waals surface area contributed by atoms with Gasteiger partial charge in [-0.25, -0.2) is 4.98 Å². The lowest BCUT2D eigenvalue weighted by Gasteiger charge is -2.11. The Labute approximate surface area is 154 Å². The highest BCUT2D eigenvalue weighted by molar-refractivity contribution is 5.62. The molecule has 0 unspecified atom stereocenters. The molecule has 26 heavy (non-hydrogen) atoms. The van der Waals surface area contributed by atoms with Gasteiger partial charge in [-0.15, -0.1) is 0 Å². The highest BCUT2D eigenvalue weighted by atomic mass is 15.3. The average Bonchev–Trinajstić information content (AvgIpc) is 3.32. The molecule has 0 radical (unpaired) electrons. The first-order valence-electron chi connectivity index (χ1n) is 9.69. The third-order valence-electron chi connectivity index (χ3n) is 5.55. The quantitative estimate of drug-likeness (QED) is 0.755. The molecule has 1 aliphatic carbocycles. The van der Waals surface area contributed by atoms with Gasteiger partial charge in [0, 0.05) is 43.4 Å². The lowest BCUT2D eigenvalue weighted by atomic mass is 10.1. The second-order valence-corrected chi connectivity index (χ2v) is 7.58. The van der Waals surface area contributed by atoms with Crippen molar-refractivity contribution in [2.24, 2.45) is 7.05 Å². The van der Waals surface area contributed by atoms with Gasteiger partial charge in [-0.3, -0.25) is 4.68 Å². The summed E-state index contributed by atoms with van der Waals surface area (Å²) in [6.45, 7) is 1.91. The molecular weight excluding hydrogens is 322 g/mol. The molecule has 1 aliphatic heterocycles. The third kappa shape index (κ3) is 3.02. The molecule has 0 bridgehead atoms. The van der Waals surface area contributed by atoms with Crippen LogP contribution in [-0.4, -0.2) is 19.3 Å². The standard InChI is InChI=1S/C21H25N5/c1-25-18(12-19(24-25)15-5-6-15)13-22-17-9-7-16(8-10-17)20-14-26-11-3-2-4-21(26)23-20/h7-10,12,14-15,22H,2-6,11,13H2,1H3. The van der Waals surface area contributed by atoms with Crippen molar-refractivity contribution >= 4 is 5.69 Å². The topological polar surface area (TPSA) is 47.7 Å². The van der Waals surface area contributed by atoms with Crippen molar-refractivity contribution in [3.8, 4) is 11.3 Å². The summed E-state index contributed by atoms with van der Waals surface area (Å²) in [5, 5.41) is 8.15. The van der Waals surface area contributed by atoms with E-state index >= 15 is 0 Å². The van der Waals surface area contributed by atoms with Gasteiger partial charge in [0.1, 0.15) is 5.82 Å². The number of aromatic nitrogens is 4. The van der Waals surface area contributed by atoms with E-state index in [4.69, 9.17) is 4.98 Å². The van der Waals surface area contributed by atoms with E-state index < -0.39 is 0 Å². The largest absolute Gasteiger partial charge is 0.379 e. The Balaban J connectivity index is 1.27. The van der Waals surface area contributed by atoms with E-state index in [0.717, 1.165) is 30.9 Å². The highest BCUT2D eigenvalue weighted by Gasteiger charge is 2.26. The minimum atomic E-state index is 0.704.